The van der Waals surface area contributed by atoms with E-state index < -0.39 is 10.2 Å². The average molecular weight is 351 g/mol. The quantitative estimate of drug-likeness (QED) is 0.809. The van der Waals surface area contributed by atoms with Gasteiger partial charge in [0.1, 0.15) is 0 Å². The lowest BCUT2D eigenvalue weighted by Crippen LogP contribution is -2.39. The van der Waals surface area contributed by atoms with Crippen LogP contribution in [0.15, 0.2) is 28.7 Å². The van der Waals surface area contributed by atoms with E-state index in [4.69, 9.17) is 5.11 Å². The molecule has 0 bridgehead atoms. The summed E-state index contributed by atoms with van der Waals surface area (Å²) < 4.78 is 27.8. The van der Waals surface area contributed by atoms with Crippen molar-refractivity contribution in [2.45, 2.75) is 13.0 Å². The molecule has 0 aliphatic heterocycles. The molecule has 1 aromatic rings. The first-order valence-corrected chi connectivity index (χ1v) is 8.10. The van der Waals surface area contributed by atoms with Crippen LogP contribution in [0.2, 0.25) is 0 Å². The Bertz CT molecular complexity index is 490. The first-order valence-electron chi connectivity index (χ1n) is 5.91. The molecular weight excluding hydrogens is 332 g/mol. The van der Waals surface area contributed by atoms with E-state index in [1.165, 1.54) is 15.7 Å². The fourth-order valence-corrected chi connectivity index (χ4v) is 2.99. The first-order chi connectivity index (χ1) is 8.87. The number of aliphatic hydroxyl groups is 1. The van der Waals surface area contributed by atoms with Crippen molar-refractivity contribution in [1.29, 1.82) is 0 Å². The second kappa shape index (κ2) is 7.35. The lowest BCUT2D eigenvalue weighted by molar-refractivity contribution is 0.272. The van der Waals surface area contributed by atoms with E-state index in [0.717, 1.165) is 10.0 Å². The van der Waals surface area contributed by atoms with Crippen molar-refractivity contribution < 1.29 is 13.5 Å². The number of aliphatic hydroxyl groups excluding tert-OH is 1. The third-order valence-electron chi connectivity index (χ3n) is 2.74. The van der Waals surface area contributed by atoms with Gasteiger partial charge in [-0.05, 0) is 24.1 Å². The molecule has 0 amide bonds. The Balaban J connectivity index is 2.70. The van der Waals surface area contributed by atoms with Crippen molar-refractivity contribution in [2.24, 2.45) is 0 Å². The predicted molar refractivity (Wildman–Crippen MR) is 78.9 cm³/mol. The van der Waals surface area contributed by atoms with Crippen molar-refractivity contribution in [3.05, 3.63) is 34.3 Å². The normalized spacial score (nSPS) is 12.3. The molecule has 0 heterocycles. The van der Waals surface area contributed by atoms with Gasteiger partial charge in [0.05, 0.1) is 0 Å². The van der Waals surface area contributed by atoms with Crippen LogP contribution in [0.25, 0.3) is 0 Å². The van der Waals surface area contributed by atoms with Crippen molar-refractivity contribution in [2.75, 3.05) is 27.2 Å². The fraction of sp³-hybridized carbons (Fsp3) is 0.500. The summed E-state index contributed by atoms with van der Waals surface area (Å²) in [6, 6.07) is 7.52. The van der Waals surface area contributed by atoms with Crippen molar-refractivity contribution >= 4 is 26.1 Å². The Morgan fingerprint density at radius 2 is 1.74 bits per heavy atom. The molecular formula is C12H19BrN2O3S. The van der Waals surface area contributed by atoms with Gasteiger partial charge in [0.2, 0.25) is 0 Å². The highest BCUT2D eigenvalue weighted by Crippen LogP contribution is 2.14. The molecule has 0 saturated carbocycles. The third-order valence-corrected chi connectivity index (χ3v) is 5.15. The van der Waals surface area contributed by atoms with Crippen LogP contribution < -0.4 is 0 Å². The second-order valence-electron chi connectivity index (χ2n) is 4.29. The Morgan fingerprint density at radius 3 is 2.26 bits per heavy atom. The van der Waals surface area contributed by atoms with Crippen LogP contribution in [0.4, 0.5) is 0 Å². The zero-order valence-corrected chi connectivity index (χ0v) is 13.5. The lowest BCUT2D eigenvalue weighted by Gasteiger charge is -2.24. The highest BCUT2D eigenvalue weighted by molar-refractivity contribution is 9.10. The van der Waals surface area contributed by atoms with Crippen LogP contribution in [0, 0.1) is 0 Å². The Kier molecular flexibility index (Phi) is 6.41. The van der Waals surface area contributed by atoms with E-state index in [1.54, 1.807) is 7.05 Å². The van der Waals surface area contributed by atoms with Crippen molar-refractivity contribution in [3.8, 4) is 0 Å². The minimum Gasteiger partial charge on any atom is -0.396 e. The van der Waals surface area contributed by atoms with Crippen LogP contribution in [-0.2, 0) is 16.8 Å². The fourth-order valence-electron chi connectivity index (χ4n) is 1.58. The molecule has 0 fully saturated rings. The summed E-state index contributed by atoms with van der Waals surface area (Å²) in [5, 5.41) is 8.74. The Hall–Kier alpha value is -0.470. The van der Waals surface area contributed by atoms with Gasteiger partial charge in [-0.15, -0.1) is 0 Å². The van der Waals surface area contributed by atoms with Gasteiger partial charge in [0, 0.05) is 38.3 Å². The van der Waals surface area contributed by atoms with Crippen LogP contribution in [0.3, 0.4) is 0 Å². The summed E-state index contributed by atoms with van der Waals surface area (Å²) in [6.07, 6.45) is 0.432. The molecule has 0 unspecified atom stereocenters. The molecule has 1 N–H and O–H groups in total. The Labute approximate surface area is 123 Å². The monoisotopic (exact) mass is 350 g/mol. The number of halogens is 1. The number of rotatable bonds is 7. The van der Waals surface area contributed by atoms with Gasteiger partial charge >= 0.3 is 0 Å². The first kappa shape index (κ1) is 16.6. The summed E-state index contributed by atoms with van der Waals surface area (Å²) in [6.45, 7) is 0.610. The third kappa shape index (κ3) is 4.85. The molecule has 0 spiro atoms. The maximum Gasteiger partial charge on any atom is 0.281 e. The van der Waals surface area contributed by atoms with E-state index in [0.29, 0.717) is 19.5 Å². The zero-order chi connectivity index (χ0) is 14.5. The molecule has 0 aliphatic carbocycles. The standard InChI is InChI=1S/C12H19BrN2O3S/c1-14(8-3-9-16)19(17,18)15(2)10-11-4-6-12(13)7-5-11/h4-7,16H,3,8-10H2,1-2H3. The van der Waals surface area contributed by atoms with Gasteiger partial charge in [-0.1, -0.05) is 28.1 Å². The largest absolute Gasteiger partial charge is 0.396 e. The van der Waals surface area contributed by atoms with E-state index in [-0.39, 0.29) is 6.61 Å². The highest BCUT2D eigenvalue weighted by Gasteiger charge is 2.23. The zero-order valence-electron chi connectivity index (χ0n) is 11.1. The van der Waals surface area contributed by atoms with Gasteiger partial charge in [0.15, 0.2) is 0 Å². The van der Waals surface area contributed by atoms with E-state index >= 15 is 0 Å². The maximum absolute atomic E-state index is 12.2. The van der Waals surface area contributed by atoms with Gasteiger partial charge < -0.3 is 5.11 Å². The van der Waals surface area contributed by atoms with Crippen molar-refractivity contribution in [3.63, 3.8) is 0 Å². The van der Waals surface area contributed by atoms with Crippen LogP contribution >= 0.6 is 15.9 Å². The van der Waals surface area contributed by atoms with Crippen LogP contribution in [-0.4, -0.2) is 49.4 Å². The molecule has 0 radical (unpaired) electrons. The summed E-state index contributed by atoms with van der Waals surface area (Å²) in [5.74, 6) is 0. The second-order valence-corrected chi connectivity index (χ2v) is 7.35. The molecule has 1 aromatic carbocycles. The minimum absolute atomic E-state index is 0.0176. The smallest absolute Gasteiger partial charge is 0.281 e. The summed E-state index contributed by atoms with van der Waals surface area (Å²) in [4.78, 5) is 0. The van der Waals surface area contributed by atoms with Gasteiger partial charge in [-0.2, -0.15) is 17.0 Å². The number of hydrogen-bond donors (Lipinski definition) is 1. The summed E-state index contributed by atoms with van der Waals surface area (Å²) >= 11 is 3.34. The average Bonchev–Trinajstić information content (AvgIpc) is 2.38. The molecule has 7 heteroatoms. The van der Waals surface area contributed by atoms with Gasteiger partial charge in [0.25, 0.3) is 10.2 Å². The van der Waals surface area contributed by atoms with Crippen LogP contribution in [0.5, 0.6) is 0 Å². The molecule has 1 rings (SSSR count). The number of benzene rings is 1. The molecule has 0 aromatic heterocycles. The SMILES string of the molecule is CN(CCCO)S(=O)(=O)N(C)Cc1ccc(Br)cc1. The topological polar surface area (TPSA) is 60.9 Å². The summed E-state index contributed by atoms with van der Waals surface area (Å²) in [7, 11) is -0.410. The molecule has 0 saturated heterocycles. The molecule has 5 nitrogen and oxygen atoms in total. The number of nitrogens with zero attached hydrogens (tertiary/aromatic N) is 2. The van der Waals surface area contributed by atoms with Gasteiger partial charge in [-0.3, -0.25) is 0 Å². The lowest BCUT2D eigenvalue weighted by atomic mass is 10.2. The van der Waals surface area contributed by atoms with Crippen LogP contribution in [0.1, 0.15) is 12.0 Å². The van der Waals surface area contributed by atoms with Crippen molar-refractivity contribution in [1.82, 2.24) is 8.61 Å². The molecule has 0 atom stereocenters. The molecule has 0 aliphatic rings. The van der Waals surface area contributed by atoms with E-state index in [1.807, 2.05) is 24.3 Å². The highest BCUT2D eigenvalue weighted by atomic mass is 79.9. The molecule has 19 heavy (non-hydrogen) atoms. The predicted octanol–water partition coefficient (Wildman–Crippen LogP) is 1.44. The van der Waals surface area contributed by atoms with E-state index in [9.17, 15) is 8.42 Å². The maximum atomic E-state index is 12.2. The minimum atomic E-state index is -3.48. The van der Waals surface area contributed by atoms with E-state index in [2.05, 4.69) is 15.9 Å². The summed E-state index contributed by atoms with van der Waals surface area (Å²) in [5.41, 5.74) is 0.921. The Morgan fingerprint density at radius 1 is 1.16 bits per heavy atom. The number of hydrogen-bond acceptors (Lipinski definition) is 3. The molecule has 108 valence electrons. The van der Waals surface area contributed by atoms with Gasteiger partial charge in [-0.25, -0.2) is 0 Å².